The van der Waals surface area contributed by atoms with Crippen molar-refractivity contribution in [1.82, 2.24) is 20.2 Å². The summed E-state index contributed by atoms with van der Waals surface area (Å²) in [5.74, 6) is 0.738. The molecule has 25 heavy (non-hydrogen) atoms. The van der Waals surface area contributed by atoms with Crippen LogP contribution in [0, 0.1) is 0 Å². The maximum atomic E-state index is 4.23. The Kier molecular flexibility index (Phi) is 4.33. The molecule has 0 amide bonds. The first-order valence-corrected chi connectivity index (χ1v) is 8.71. The highest BCUT2D eigenvalue weighted by atomic mass is 15.6. The number of anilines is 2. The summed E-state index contributed by atoms with van der Waals surface area (Å²) in [5, 5.41) is 12.3. The summed E-state index contributed by atoms with van der Waals surface area (Å²) in [5.41, 5.74) is 3.59. The van der Waals surface area contributed by atoms with E-state index in [4.69, 9.17) is 0 Å². The van der Waals surface area contributed by atoms with Gasteiger partial charge in [0.2, 0.25) is 5.95 Å². The van der Waals surface area contributed by atoms with Crippen molar-refractivity contribution in [2.24, 2.45) is 0 Å². The molecule has 128 valence electrons. The molecule has 1 aromatic heterocycles. The highest BCUT2D eigenvalue weighted by Gasteiger charge is 2.18. The molecule has 2 aromatic carbocycles. The largest absolute Gasteiger partial charge is 0.371 e. The Labute approximate surface area is 147 Å². The van der Waals surface area contributed by atoms with Crippen molar-refractivity contribution in [3.63, 3.8) is 0 Å². The zero-order chi connectivity index (χ0) is 17.1. The fourth-order valence-corrected chi connectivity index (χ4v) is 3.39. The van der Waals surface area contributed by atoms with E-state index in [2.05, 4.69) is 49.6 Å². The first-order chi connectivity index (χ1) is 12.3. The summed E-state index contributed by atoms with van der Waals surface area (Å²) in [6.07, 6.45) is 2.55. The van der Waals surface area contributed by atoms with Crippen molar-refractivity contribution < 1.29 is 0 Å². The zero-order valence-electron chi connectivity index (χ0n) is 14.4. The second-order valence-electron chi connectivity index (χ2n) is 6.41. The van der Waals surface area contributed by atoms with Gasteiger partial charge in [-0.25, -0.2) is 0 Å². The average Bonchev–Trinajstić information content (AvgIpc) is 3.35. The number of hydrogen-bond donors (Lipinski definition) is 0. The Bertz CT molecular complexity index is 823. The zero-order valence-corrected chi connectivity index (χ0v) is 14.4. The maximum Gasteiger partial charge on any atom is 0.250 e. The monoisotopic (exact) mass is 334 g/mol. The van der Waals surface area contributed by atoms with Gasteiger partial charge in [-0.3, -0.25) is 0 Å². The number of benzene rings is 2. The van der Waals surface area contributed by atoms with Gasteiger partial charge < -0.3 is 9.80 Å². The molecule has 0 spiro atoms. The van der Waals surface area contributed by atoms with Gasteiger partial charge in [0, 0.05) is 32.4 Å². The Morgan fingerprint density at radius 2 is 1.68 bits per heavy atom. The molecule has 6 heteroatoms. The van der Waals surface area contributed by atoms with E-state index in [-0.39, 0.29) is 0 Å². The summed E-state index contributed by atoms with van der Waals surface area (Å²) in [6, 6.07) is 18.6. The van der Waals surface area contributed by atoms with Gasteiger partial charge in [0.15, 0.2) is 0 Å². The van der Waals surface area contributed by atoms with E-state index in [0.717, 1.165) is 31.3 Å². The Morgan fingerprint density at radius 1 is 0.960 bits per heavy atom. The van der Waals surface area contributed by atoms with Gasteiger partial charge in [-0.15, -0.1) is 0 Å². The molecule has 0 radical (unpaired) electrons. The molecule has 0 saturated carbocycles. The van der Waals surface area contributed by atoms with Crippen molar-refractivity contribution >= 4 is 11.6 Å². The summed E-state index contributed by atoms with van der Waals surface area (Å²) >= 11 is 0. The van der Waals surface area contributed by atoms with Crippen LogP contribution in [0.1, 0.15) is 18.4 Å². The fourth-order valence-electron chi connectivity index (χ4n) is 3.39. The van der Waals surface area contributed by atoms with Crippen molar-refractivity contribution in [2.75, 3.05) is 29.9 Å². The lowest BCUT2D eigenvalue weighted by Crippen LogP contribution is -2.24. The summed E-state index contributed by atoms with van der Waals surface area (Å²) in [6.45, 7) is 3.05. The van der Waals surface area contributed by atoms with Crippen molar-refractivity contribution in [2.45, 2.75) is 19.4 Å². The number of aromatic nitrogens is 4. The predicted molar refractivity (Wildman–Crippen MR) is 99.2 cm³/mol. The van der Waals surface area contributed by atoms with Crippen molar-refractivity contribution in [3.05, 3.63) is 60.2 Å². The van der Waals surface area contributed by atoms with Gasteiger partial charge in [-0.1, -0.05) is 41.5 Å². The third-order valence-corrected chi connectivity index (χ3v) is 4.64. The molecule has 1 fully saturated rings. The van der Waals surface area contributed by atoms with Crippen LogP contribution in [0.25, 0.3) is 5.69 Å². The standard InChI is InChI=1S/C19H22N6/c1-23(19-20-21-22-25(19)17-10-3-2-4-11-17)15-16-9-5-6-12-18(16)24-13-7-8-14-24/h2-6,9-12H,7-8,13-15H2,1H3. The van der Waals surface area contributed by atoms with Crippen molar-refractivity contribution in [1.29, 1.82) is 0 Å². The molecule has 0 N–H and O–H groups in total. The minimum Gasteiger partial charge on any atom is -0.371 e. The van der Waals surface area contributed by atoms with Gasteiger partial charge in [-0.05, 0) is 47.0 Å². The van der Waals surface area contributed by atoms with E-state index in [1.54, 1.807) is 4.68 Å². The number of rotatable bonds is 5. The quantitative estimate of drug-likeness (QED) is 0.718. The van der Waals surface area contributed by atoms with Gasteiger partial charge in [0.05, 0.1) is 5.69 Å². The van der Waals surface area contributed by atoms with Crippen LogP contribution in [-0.2, 0) is 6.54 Å². The third kappa shape index (κ3) is 3.20. The fraction of sp³-hybridized carbons (Fsp3) is 0.316. The third-order valence-electron chi connectivity index (χ3n) is 4.64. The molecule has 2 heterocycles. The molecular weight excluding hydrogens is 312 g/mol. The van der Waals surface area contributed by atoms with Gasteiger partial charge >= 0.3 is 0 Å². The second-order valence-corrected chi connectivity index (χ2v) is 6.41. The highest BCUT2D eigenvalue weighted by molar-refractivity contribution is 5.55. The number of para-hydroxylation sites is 2. The molecule has 3 aromatic rings. The number of tetrazole rings is 1. The van der Waals surface area contributed by atoms with E-state index >= 15 is 0 Å². The molecule has 0 unspecified atom stereocenters. The normalized spacial score (nSPS) is 14.0. The minimum atomic E-state index is 0.738. The predicted octanol–water partition coefficient (Wildman–Crippen LogP) is 2.90. The second kappa shape index (κ2) is 6.93. The maximum absolute atomic E-state index is 4.23. The van der Waals surface area contributed by atoms with Crippen LogP contribution in [0.2, 0.25) is 0 Å². The Balaban J connectivity index is 1.60. The van der Waals surface area contributed by atoms with Crippen LogP contribution in [0.3, 0.4) is 0 Å². The number of nitrogens with zero attached hydrogens (tertiary/aromatic N) is 6. The van der Waals surface area contributed by atoms with Crippen LogP contribution < -0.4 is 9.80 Å². The lowest BCUT2D eigenvalue weighted by atomic mass is 10.1. The molecule has 0 aliphatic carbocycles. The topological polar surface area (TPSA) is 50.1 Å². The Morgan fingerprint density at radius 3 is 2.48 bits per heavy atom. The molecule has 1 aliphatic rings. The molecule has 0 bridgehead atoms. The van der Waals surface area contributed by atoms with Crippen LogP contribution in [0.4, 0.5) is 11.6 Å². The van der Waals surface area contributed by atoms with E-state index in [0.29, 0.717) is 0 Å². The average molecular weight is 334 g/mol. The van der Waals surface area contributed by atoms with Crippen LogP contribution in [-0.4, -0.2) is 40.3 Å². The van der Waals surface area contributed by atoms with Crippen molar-refractivity contribution in [3.8, 4) is 5.69 Å². The Hall–Kier alpha value is -2.89. The van der Waals surface area contributed by atoms with E-state index in [9.17, 15) is 0 Å². The smallest absolute Gasteiger partial charge is 0.250 e. The highest BCUT2D eigenvalue weighted by Crippen LogP contribution is 2.26. The molecule has 6 nitrogen and oxygen atoms in total. The van der Waals surface area contributed by atoms with E-state index in [1.807, 2.05) is 37.4 Å². The van der Waals surface area contributed by atoms with Gasteiger partial charge in [-0.2, -0.15) is 4.68 Å². The first kappa shape index (κ1) is 15.6. The molecule has 0 atom stereocenters. The van der Waals surface area contributed by atoms with E-state index < -0.39 is 0 Å². The lowest BCUT2D eigenvalue weighted by Gasteiger charge is -2.24. The molecule has 1 aliphatic heterocycles. The molecule has 4 rings (SSSR count). The molecular formula is C19H22N6. The molecule has 1 saturated heterocycles. The summed E-state index contributed by atoms with van der Waals surface area (Å²) < 4.78 is 1.78. The first-order valence-electron chi connectivity index (χ1n) is 8.71. The summed E-state index contributed by atoms with van der Waals surface area (Å²) in [4.78, 5) is 4.57. The van der Waals surface area contributed by atoms with Gasteiger partial charge in [0.1, 0.15) is 0 Å². The van der Waals surface area contributed by atoms with Crippen LogP contribution in [0.5, 0.6) is 0 Å². The van der Waals surface area contributed by atoms with Gasteiger partial charge in [0.25, 0.3) is 0 Å². The number of hydrogen-bond acceptors (Lipinski definition) is 5. The lowest BCUT2D eigenvalue weighted by molar-refractivity contribution is 0.770. The van der Waals surface area contributed by atoms with Crippen LogP contribution >= 0.6 is 0 Å². The van der Waals surface area contributed by atoms with E-state index in [1.165, 1.54) is 24.1 Å². The SMILES string of the molecule is CN(Cc1ccccc1N1CCCC1)c1nnnn1-c1ccccc1. The van der Waals surface area contributed by atoms with Crippen LogP contribution in [0.15, 0.2) is 54.6 Å². The minimum absolute atomic E-state index is 0.738. The summed E-state index contributed by atoms with van der Waals surface area (Å²) in [7, 11) is 2.03.